The third-order valence-electron chi connectivity index (χ3n) is 17.2. The van der Waals surface area contributed by atoms with Gasteiger partial charge in [0.2, 0.25) is 0 Å². The van der Waals surface area contributed by atoms with Crippen LogP contribution in [0.4, 0.5) is 5.69 Å². The molecule has 7 heterocycles. The van der Waals surface area contributed by atoms with Crippen molar-refractivity contribution < 1.29 is 4.79 Å². The number of pyridine rings is 2. The van der Waals surface area contributed by atoms with Crippen molar-refractivity contribution in [1.82, 2.24) is 29.9 Å². The number of aryl methyl sites for hydroxylation is 1. The van der Waals surface area contributed by atoms with Crippen LogP contribution in [0.3, 0.4) is 0 Å². The van der Waals surface area contributed by atoms with Gasteiger partial charge in [0.05, 0.1) is 34.2 Å². The Bertz CT molecular complexity index is 4310. The molecule has 11 rings (SSSR count). The maximum absolute atomic E-state index is 14.0. The van der Waals surface area contributed by atoms with Crippen molar-refractivity contribution in [2.45, 2.75) is 164 Å². The van der Waals surface area contributed by atoms with Gasteiger partial charge in [-0.1, -0.05) is 191 Å². The van der Waals surface area contributed by atoms with Gasteiger partial charge in [0.1, 0.15) is 0 Å². The number of benzene rings is 4. The monoisotopic (exact) mass is 1160 g/mol. The van der Waals surface area contributed by atoms with Crippen molar-refractivity contribution in [1.29, 1.82) is 0 Å². The summed E-state index contributed by atoms with van der Waals surface area (Å²) in [7, 11) is 0. The van der Waals surface area contributed by atoms with Gasteiger partial charge in [-0.15, -0.1) is 0 Å². The lowest BCUT2D eigenvalue weighted by Crippen LogP contribution is -2.16. The Morgan fingerprint density at radius 2 is 0.659 bits per heavy atom. The number of aromatic amines is 2. The molecule has 0 atom stereocenters. The standard InChI is InChI=1S/C80H87N7O/c1-47-32-34-81-68(36-47)69-43-49(33-35-82-69)74(88)83-59-22-20-48(21-23-59)70-60-24-26-62(84-60)71(50-37-53(75(2,3)4)44-54(38-50)76(5,6)7)64-28-30-66(86-64)73(52-41-57(79(14,15)16)46-58(42-52)80(17,18)19)67-31-29-65(87-67)72(63-27-25-61(70)85-63)51-39-55(77(8,9)10)45-56(40-51)78(11,12)13/h20-46,84,87H,1-19H3,(H,83,88). The van der Waals surface area contributed by atoms with Crippen molar-refractivity contribution in [3.8, 4) is 55.9 Å². The molecule has 0 fully saturated rings. The highest BCUT2D eigenvalue weighted by molar-refractivity contribution is 6.05. The topological polar surface area (TPSA) is 112 Å². The summed E-state index contributed by atoms with van der Waals surface area (Å²) in [6.45, 7) is 43.4. The number of nitrogens with one attached hydrogen (secondary N) is 3. The highest BCUT2D eigenvalue weighted by Gasteiger charge is 2.28. The second-order valence-corrected chi connectivity index (χ2v) is 30.6. The molecule has 0 saturated heterocycles. The molecule has 0 radical (unpaired) electrons. The van der Waals surface area contributed by atoms with Gasteiger partial charge >= 0.3 is 0 Å². The molecule has 0 aliphatic carbocycles. The Hall–Kier alpha value is -8.75. The Labute approximate surface area is 522 Å². The normalized spacial score (nSPS) is 13.1. The summed E-state index contributed by atoms with van der Waals surface area (Å²) in [5.74, 6) is -0.242. The maximum atomic E-state index is 14.0. The highest BCUT2D eigenvalue weighted by atomic mass is 16.1. The second-order valence-electron chi connectivity index (χ2n) is 30.6. The minimum Gasteiger partial charge on any atom is -0.354 e. The van der Waals surface area contributed by atoms with Crippen LogP contribution in [-0.2, 0) is 32.5 Å². The van der Waals surface area contributed by atoms with Gasteiger partial charge in [0, 0.05) is 68.0 Å². The third-order valence-corrected chi connectivity index (χ3v) is 17.2. The molecule has 1 amide bonds. The average Bonchev–Trinajstić information content (AvgIpc) is 1.71. The molecule has 8 nitrogen and oxygen atoms in total. The van der Waals surface area contributed by atoms with Crippen LogP contribution in [0.15, 0.2) is 140 Å². The largest absolute Gasteiger partial charge is 0.354 e. The molecule has 9 aromatic rings. The van der Waals surface area contributed by atoms with Gasteiger partial charge in [-0.2, -0.15) is 0 Å². The van der Waals surface area contributed by atoms with Crippen LogP contribution in [0.2, 0.25) is 0 Å². The minimum absolute atomic E-state index is 0.125. The van der Waals surface area contributed by atoms with Crippen LogP contribution >= 0.6 is 0 Å². The molecule has 88 heavy (non-hydrogen) atoms. The van der Waals surface area contributed by atoms with E-state index in [1.165, 1.54) is 33.4 Å². The molecule has 448 valence electrons. The smallest absolute Gasteiger partial charge is 0.255 e. The summed E-state index contributed by atoms with van der Waals surface area (Å²) >= 11 is 0. The summed E-state index contributed by atoms with van der Waals surface area (Å²) in [6.07, 6.45) is 12.2. The fourth-order valence-electron chi connectivity index (χ4n) is 11.6. The maximum Gasteiger partial charge on any atom is 0.255 e. The minimum atomic E-state index is -0.242. The lowest BCUT2D eigenvalue weighted by molar-refractivity contribution is 0.102. The predicted molar refractivity (Wildman–Crippen MR) is 373 cm³/mol. The number of anilines is 1. The first-order valence-corrected chi connectivity index (χ1v) is 31.1. The summed E-state index contributed by atoms with van der Waals surface area (Å²) < 4.78 is 0. The molecule has 5 aromatic heterocycles. The number of fused-ring (bicyclic) bond motifs is 8. The fourth-order valence-corrected chi connectivity index (χ4v) is 11.6. The average molecular weight is 1160 g/mol. The molecule has 3 N–H and O–H groups in total. The van der Waals surface area contributed by atoms with Crippen LogP contribution in [0.1, 0.15) is 197 Å². The SMILES string of the molecule is Cc1ccnc(-c2cc(C(=O)Nc3ccc(-c4c5nc(c(-c6cc(C(C)(C)C)cc(C(C)(C)C)c6)c6ccc([nH]6)c(-c6cc(C(C)(C)C)cc(C(C)(C)C)c6)c6nc(c(-c7cc(C(C)(C)C)cc(C(C)(C)C)c7)c7ccc4[nH]7)C=C6)C=C5)cc3)ccn2)c1. The number of hydrogen-bond donors (Lipinski definition) is 3. The van der Waals surface area contributed by atoms with Gasteiger partial charge < -0.3 is 15.3 Å². The van der Waals surface area contributed by atoms with Gasteiger partial charge in [-0.25, -0.2) is 9.97 Å². The van der Waals surface area contributed by atoms with E-state index in [1.807, 2.05) is 31.2 Å². The molecule has 0 spiro atoms. The number of hydrogen-bond acceptors (Lipinski definition) is 5. The summed E-state index contributed by atoms with van der Waals surface area (Å²) in [4.78, 5) is 42.8. The van der Waals surface area contributed by atoms with Crippen LogP contribution in [0.25, 0.3) is 102 Å². The predicted octanol–water partition coefficient (Wildman–Crippen LogP) is 21.1. The zero-order valence-corrected chi connectivity index (χ0v) is 55.3. The van der Waals surface area contributed by atoms with Crippen LogP contribution in [0.5, 0.6) is 0 Å². The van der Waals surface area contributed by atoms with E-state index < -0.39 is 0 Å². The van der Waals surface area contributed by atoms with E-state index in [0.717, 1.165) is 94.9 Å². The van der Waals surface area contributed by atoms with Crippen molar-refractivity contribution >= 4 is 58.0 Å². The molecule has 4 aromatic carbocycles. The third kappa shape index (κ3) is 12.5. The highest BCUT2D eigenvalue weighted by Crippen LogP contribution is 2.44. The molecule has 8 bridgehead atoms. The number of nitrogens with zero attached hydrogens (tertiary/aromatic N) is 4. The van der Waals surface area contributed by atoms with Crippen LogP contribution in [0, 0.1) is 6.92 Å². The van der Waals surface area contributed by atoms with Crippen molar-refractivity contribution in [3.05, 3.63) is 207 Å². The van der Waals surface area contributed by atoms with Gasteiger partial charge in [-0.3, -0.25) is 14.8 Å². The Kier molecular flexibility index (Phi) is 15.3. The van der Waals surface area contributed by atoms with Gasteiger partial charge in [0.25, 0.3) is 5.91 Å². The second kappa shape index (κ2) is 22.1. The first kappa shape index (κ1) is 60.9. The van der Waals surface area contributed by atoms with E-state index >= 15 is 0 Å². The fraction of sp³-hybridized carbons (Fsp3) is 0.312. The Morgan fingerprint density at radius 1 is 0.352 bits per heavy atom. The molecule has 8 heteroatoms. The summed E-state index contributed by atoms with van der Waals surface area (Å²) in [6, 6.07) is 45.8. The zero-order chi connectivity index (χ0) is 63.2. The van der Waals surface area contributed by atoms with E-state index in [1.54, 1.807) is 24.5 Å². The first-order chi connectivity index (χ1) is 41.1. The molecular formula is C80H87N7O. The van der Waals surface area contributed by atoms with E-state index in [4.69, 9.17) is 9.97 Å². The zero-order valence-electron chi connectivity index (χ0n) is 55.3. The lowest BCUT2D eigenvalue weighted by Gasteiger charge is -2.26. The quantitative estimate of drug-likeness (QED) is 0.147. The number of rotatable bonds is 7. The van der Waals surface area contributed by atoms with Crippen LogP contribution < -0.4 is 5.32 Å². The number of carbonyl (C=O) groups excluding carboxylic acids is 1. The number of H-pyrrole nitrogens is 2. The van der Waals surface area contributed by atoms with E-state index in [0.29, 0.717) is 22.6 Å². The van der Waals surface area contributed by atoms with Crippen LogP contribution in [-0.4, -0.2) is 35.8 Å². The van der Waals surface area contributed by atoms with Crippen molar-refractivity contribution in [2.75, 3.05) is 5.32 Å². The van der Waals surface area contributed by atoms with Gasteiger partial charge in [-0.05, 0) is 186 Å². The molecule has 0 saturated carbocycles. The van der Waals surface area contributed by atoms with Crippen molar-refractivity contribution in [3.63, 3.8) is 0 Å². The molecule has 0 unspecified atom stereocenters. The Balaban J connectivity index is 1.23. The number of aromatic nitrogens is 6. The first-order valence-electron chi connectivity index (χ1n) is 31.1. The summed E-state index contributed by atoms with van der Waals surface area (Å²) in [5.41, 5.74) is 25.6. The lowest BCUT2D eigenvalue weighted by atomic mass is 9.78. The number of carbonyl (C=O) groups is 1. The molecular weight excluding hydrogens is 1070 g/mol. The number of amides is 1. The van der Waals surface area contributed by atoms with E-state index in [-0.39, 0.29) is 38.4 Å². The molecule has 2 aliphatic heterocycles. The van der Waals surface area contributed by atoms with E-state index in [9.17, 15) is 4.79 Å². The molecule has 2 aliphatic rings. The summed E-state index contributed by atoms with van der Waals surface area (Å²) in [5, 5.41) is 3.16. The van der Waals surface area contributed by atoms with Gasteiger partial charge in [0.15, 0.2) is 0 Å². The van der Waals surface area contributed by atoms with Crippen molar-refractivity contribution in [2.24, 2.45) is 0 Å². The van der Waals surface area contributed by atoms with E-state index in [2.05, 4.69) is 265 Å². The Morgan fingerprint density at radius 3 is 0.977 bits per heavy atom.